The van der Waals surface area contributed by atoms with Gasteiger partial charge in [0.2, 0.25) is 0 Å². The molecule has 0 unspecified atom stereocenters. The van der Waals surface area contributed by atoms with Crippen LogP contribution < -0.4 is 5.32 Å². The van der Waals surface area contributed by atoms with Crippen LogP contribution >= 0.6 is 0 Å². The molecule has 1 aliphatic carbocycles. The molecule has 1 N–H and O–H groups in total. The Morgan fingerprint density at radius 3 is 2.72 bits per heavy atom. The molecule has 1 saturated carbocycles. The van der Waals surface area contributed by atoms with Gasteiger partial charge in [0.15, 0.2) is 0 Å². The summed E-state index contributed by atoms with van der Waals surface area (Å²) in [5.41, 5.74) is 3.34. The number of hydrogen-bond donors (Lipinski definition) is 1. The lowest BCUT2D eigenvalue weighted by Gasteiger charge is -2.26. The van der Waals surface area contributed by atoms with Gasteiger partial charge in [0.25, 0.3) is 0 Å². The maximum atomic E-state index is 5.41. The lowest BCUT2D eigenvalue weighted by molar-refractivity contribution is 0.0774. The summed E-state index contributed by atoms with van der Waals surface area (Å²) >= 11 is 0. The summed E-state index contributed by atoms with van der Waals surface area (Å²) in [6, 6.07) is 9.70. The van der Waals surface area contributed by atoms with Gasteiger partial charge in [0, 0.05) is 31.2 Å². The first-order valence-corrected chi connectivity index (χ1v) is 7.17. The Bertz CT molecular complexity index is 405. The average Bonchev–Trinajstić information content (AvgIpc) is 3.19. The lowest BCUT2D eigenvalue weighted by Crippen LogP contribution is -2.39. The van der Waals surface area contributed by atoms with Crippen molar-refractivity contribution in [1.82, 2.24) is 5.32 Å². The molecule has 18 heavy (non-hydrogen) atoms. The first-order chi connectivity index (χ1) is 8.78. The quantitative estimate of drug-likeness (QED) is 0.880. The number of aryl methyl sites for hydroxylation is 1. The normalized spacial score (nSPS) is 22.9. The number of benzene rings is 1. The number of rotatable bonds is 4. The molecule has 0 radical (unpaired) electrons. The zero-order chi connectivity index (χ0) is 12.4. The van der Waals surface area contributed by atoms with Crippen molar-refractivity contribution in [2.75, 3.05) is 19.8 Å². The third-order valence-corrected chi connectivity index (χ3v) is 4.43. The van der Waals surface area contributed by atoms with Crippen LogP contribution in [0.5, 0.6) is 0 Å². The molecule has 1 aliphatic heterocycles. The topological polar surface area (TPSA) is 21.3 Å². The van der Waals surface area contributed by atoms with Crippen LogP contribution in [-0.4, -0.2) is 25.8 Å². The van der Waals surface area contributed by atoms with E-state index in [1.165, 1.54) is 36.8 Å². The average molecular weight is 245 g/mol. The van der Waals surface area contributed by atoms with Crippen LogP contribution in [0, 0.1) is 6.92 Å². The van der Waals surface area contributed by atoms with Gasteiger partial charge in [-0.05, 0) is 38.2 Å². The van der Waals surface area contributed by atoms with Crippen molar-refractivity contribution in [2.24, 2.45) is 0 Å². The Hall–Kier alpha value is -0.860. The maximum Gasteiger partial charge on any atom is 0.0480 e. The predicted octanol–water partition coefficient (Wildman–Crippen LogP) is 2.80. The van der Waals surface area contributed by atoms with Crippen LogP contribution in [0.3, 0.4) is 0 Å². The molecule has 1 aromatic rings. The molecular formula is C16H23NO. The van der Waals surface area contributed by atoms with E-state index in [4.69, 9.17) is 4.74 Å². The standard InChI is InChI=1S/C16H23NO/c1-13-3-2-4-14(11-13)16(7-8-16)12-17-15-5-9-18-10-6-15/h2-4,11,15,17H,5-10,12H2,1H3. The van der Waals surface area contributed by atoms with E-state index in [9.17, 15) is 0 Å². The molecule has 0 atom stereocenters. The van der Waals surface area contributed by atoms with E-state index in [1.807, 2.05) is 0 Å². The fraction of sp³-hybridized carbons (Fsp3) is 0.625. The first kappa shape index (κ1) is 12.2. The van der Waals surface area contributed by atoms with E-state index in [0.29, 0.717) is 11.5 Å². The smallest absolute Gasteiger partial charge is 0.0480 e. The second kappa shape index (κ2) is 5.02. The third kappa shape index (κ3) is 2.60. The third-order valence-electron chi connectivity index (χ3n) is 4.43. The van der Waals surface area contributed by atoms with Crippen LogP contribution in [0.2, 0.25) is 0 Å². The van der Waals surface area contributed by atoms with Gasteiger partial charge in [-0.2, -0.15) is 0 Å². The van der Waals surface area contributed by atoms with Crippen LogP contribution in [0.4, 0.5) is 0 Å². The highest BCUT2D eigenvalue weighted by molar-refractivity contribution is 5.34. The summed E-state index contributed by atoms with van der Waals surface area (Å²) in [5.74, 6) is 0. The molecule has 1 aromatic carbocycles. The largest absolute Gasteiger partial charge is 0.381 e. The summed E-state index contributed by atoms with van der Waals surface area (Å²) in [6.07, 6.45) is 5.02. The molecule has 3 rings (SSSR count). The van der Waals surface area contributed by atoms with Crippen LogP contribution in [0.15, 0.2) is 24.3 Å². The first-order valence-electron chi connectivity index (χ1n) is 7.17. The highest BCUT2D eigenvalue weighted by atomic mass is 16.5. The predicted molar refractivity (Wildman–Crippen MR) is 73.9 cm³/mol. The Balaban J connectivity index is 1.61. The van der Waals surface area contributed by atoms with Crippen molar-refractivity contribution < 1.29 is 4.74 Å². The van der Waals surface area contributed by atoms with Gasteiger partial charge in [0.05, 0.1) is 0 Å². The zero-order valence-corrected chi connectivity index (χ0v) is 11.2. The monoisotopic (exact) mass is 245 g/mol. The second-order valence-corrected chi connectivity index (χ2v) is 5.92. The van der Waals surface area contributed by atoms with Gasteiger partial charge in [-0.3, -0.25) is 0 Å². The molecule has 2 fully saturated rings. The van der Waals surface area contributed by atoms with E-state index in [2.05, 4.69) is 36.5 Å². The fourth-order valence-electron chi connectivity index (χ4n) is 2.93. The summed E-state index contributed by atoms with van der Waals surface area (Å²) in [6.45, 7) is 5.18. The zero-order valence-electron chi connectivity index (χ0n) is 11.2. The van der Waals surface area contributed by atoms with Crippen molar-refractivity contribution in [3.05, 3.63) is 35.4 Å². The molecule has 0 aromatic heterocycles. The molecule has 2 aliphatic rings. The van der Waals surface area contributed by atoms with E-state index in [1.54, 1.807) is 0 Å². The maximum absolute atomic E-state index is 5.41. The SMILES string of the molecule is Cc1cccc(C2(CNC3CCOCC3)CC2)c1. The highest BCUT2D eigenvalue weighted by Crippen LogP contribution is 2.47. The van der Waals surface area contributed by atoms with Gasteiger partial charge in [-0.25, -0.2) is 0 Å². The molecule has 1 heterocycles. The fourth-order valence-corrected chi connectivity index (χ4v) is 2.93. The minimum Gasteiger partial charge on any atom is -0.381 e. The summed E-state index contributed by atoms with van der Waals surface area (Å²) in [5, 5.41) is 3.76. The van der Waals surface area contributed by atoms with Gasteiger partial charge in [0.1, 0.15) is 0 Å². The molecule has 2 heteroatoms. The van der Waals surface area contributed by atoms with Gasteiger partial charge in [-0.15, -0.1) is 0 Å². The molecule has 98 valence electrons. The number of hydrogen-bond acceptors (Lipinski definition) is 2. The van der Waals surface area contributed by atoms with Gasteiger partial charge < -0.3 is 10.1 Å². The molecule has 0 bridgehead atoms. The Morgan fingerprint density at radius 1 is 1.28 bits per heavy atom. The molecule has 0 amide bonds. The van der Waals surface area contributed by atoms with E-state index >= 15 is 0 Å². The summed E-state index contributed by atoms with van der Waals surface area (Å²) in [7, 11) is 0. The van der Waals surface area contributed by atoms with E-state index < -0.39 is 0 Å². The minimum atomic E-state index is 0.435. The van der Waals surface area contributed by atoms with E-state index in [-0.39, 0.29) is 0 Å². The molecular weight excluding hydrogens is 222 g/mol. The summed E-state index contributed by atoms with van der Waals surface area (Å²) < 4.78 is 5.41. The van der Waals surface area contributed by atoms with Crippen LogP contribution in [0.25, 0.3) is 0 Å². The minimum absolute atomic E-state index is 0.435. The number of nitrogens with one attached hydrogen (secondary N) is 1. The van der Waals surface area contributed by atoms with Crippen molar-refractivity contribution in [1.29, 1.82) is 0 Å². The Kier molecular flexibility index (Phi) is 3.40. The highest BCUT2D eigenvalue weighted by Gasteiger charge is 2.44. The Morgan fingerprint density at radius 2 is 2.06 bits per heavy atom. The second-order valence-electron chi connectivity index (χ2n) is 5.92. The van der Waals surface area contributed by atoms with Crippen LogP contribution in [-0.2, 0) is 10.2 Å². The molecule has 2 nitrogen and oxygen atoms in total. The van der Waals surface area contributed by atoms with Crippen LogP contribution in [0.1, 0.15) is 36.8 Å². The van der Waals surface area contributed by atoms with Crippen molar-refractivity contribution in [3.63, 3.8) is 0 Å². The Labute approximate surface area is 110 Å². The molecule has 1 saturated heterocycles. The summed E-state index contributed by atoms with van der Waals surface area (Å²) in [4.78, 5) is 0. The number of ether oxygens (including phenoxy) is 1. The van der Waals surface area contributed by atoms with Crippen molar-refractivity contribution >= 4 is 0 Å². The van der Waals surface area contributed by atoms with Crippen molar-refractivity contribution in [2.45, 2.75) is 44.1 Å². The van der Waals surface area contributed by atoms with Gasteiger partial charge in [-0.1, -0.05) is 29.8 Å². The van der Waals surface area contributed by atoms with E-state index in [0.717, 1.165) is 19.8 Å². The van der Waals surface area contributed by atoms with Gasteiger partial charge >= 0.3 is 0 Å². The van der Waals surface area contributed by atoms with Crippen molar-refractivity contribution in [3.8, 4) is 0 Å². The molecule has 0 spiro atoms. The lowest BCUT2D eigenvalue weighted by atomic mass is 9.94.